The third-order valence-electron chi connectivity index (χ3n) is 2.88. The molecule has 0 spiro atoms. The van der Waals surface area contributed by atoms with Crippen molar-refractivity contribution in [2.24, 2.45) is 0 Å². The van der Waals surface area contributed by atoms with E-state index in [9.17, 15) is 19.1 Å². The number of benzene rings is 2. The highest BCUT2D eigenvalue weighted by Gasteiger charge is 2.13. The van der Waals surface area contributed by atoms with Gasteiger partial charge in [0.1, 0.15) is 11.6 Å². The maximum absolute atomic E-state index is 12.7. The Kier molecular flexibility index (Phi) is 4.18. The summed E-state index contributed by atoms with van der Waals surface area (Å²) in [7, 11) is 0. The number of amides is 2. The molecule has 0 bridgehead atoms. The molecule has 3 N–H and O–H groups in total. The van der Waals surface area contributed by atoms with E-state index >= 15 is 0 Å². The van der Waals surface area contributed by atoms with Crippen LogP contribution in [0.4, 0.5) is 4.39 Å². The molecular weight excluding hydrogens is 275 g/mol. The standard InChI is InChI=1S/C15H13FN2O3/c1-9-3-2-4-12(13(9)19)15(21)18-17-14(20)10-5-7-11(16)8-6-10/h2-8,19H,1H3,(H,17,20)(H,18,21). The van der Waals surface area contributed by atoms with Crippen LogP contribution in [0.25, 0.3) is 0 Å². The summed E-state index contributed by atoms with van der Waals surface area (Å²) in [6, 6.07) is 9.57. The molecule has 0 saturated carbocycles. The summed E-state index contributed by atoms with van der Waals surface area (Å²) >= 11 is 0. The van der Waals surface area contributed by atoms with Gasteiger partial charge in [0, 0.05) is 5.56 Å². The van der Waals surface area contributed by atoms with Gasteiger partial charge in [-0.05, 0) is 42.8 Å². The fourth-order valence-corrected chi connectivity index (χ4v) is 1.70. The minimum Gasteiger partial charge on any atom is -0.507 e. The Labute approximate surface area is 120 Å². The van der Waals surface area contributed by atoms with E-state index in [1.165, 1.54) is 18.2 Å². The number of hydrogen-bond donors (Lipinski definition) is 3. The SMILES string of the molecule is Cc1cccc(C(=O)NNC(=O)c2ccc(F)cc2)c1O. The molecule has 0 heterocycles. The summed E-state index contributed by atoms with van der Waals surface area (Å²) in [4.78, 5) is 23.6. The second-order valence-electron chi connectivity index (χ2n) is 4.39. The van der Waals surface area contributed by atoms with Gasteiger partial charge in [0.15, 0.2) is 0 Å². The molecular formula is C15H13FN2O3. The largest absolute Gasteiger partial charge is 0.507 e. The van der Waals surface area contributed by atoms with Gasteiger partial charge in [0.2, 0.25) is 0 Å². The van der Waals surface area contributed by atoms with E-state index in [2.05, 4.69) is 10.9 Å². The first-order chi connectivity index (χ1) is 9.99. The molecule has 2 amide bonds. The second-order valence-corrected chi connectivity index (χ2v) is 4.39. The van der Waals surface area contributed by atoms with E-state index in [1.54, 1.807) is 19.1 Å². The minimum atomic E-state index is -0.647. The zero-order valence-electron chi connectivity index (χ0n) is 11.2. The molecule has 0 unspecified atom stereocenters. The van der Waals surface area contributed by atoms with Gasteiger partial charge in [-0.2, -0.15) is 0 Å². The van der Waals surface area contributed by atoms with E-state index in [0.717, 1.165) is 12.1 Å². The molecule has 0 atom stereocenters. The molecule has 6 heteroatoms. The lowest BCUT2D eigenvalue weighted by Gasteiger charge is -2.09. The number of phenols is 1. The number of nitrogens with one attached hydrogen (secondary N) is 2. The van der Waals surface area contributed by atoms with Gasteiger partial charge in [-0.25, -0.2) is 4.39 Å². The fraction of sp³-hybridized carbons (Fsp3) is 0.0667. The smallest absolute Gasteiger partial charge is 0.273 e. The number of aryl methyl sites for hydroxylation is 1. The topological polar surface area (TPSA) is 78.4 Å². The highest BCUT2D eigenvalue weighted by Crippen LogP contribution is 2.20. The average molecular weight is 288 g/mol. The average Bonchev–Trinajstić information content (AvgIpc) is 2.48. The van der Waals surface area contributed by atoms with Crippen LogP contribution in [0.15, 0.2) is 42.5 Å². The lowest BCUT2D eigenvalue weighted by molar-refractivity contribution is 0.0845. The van der Waals surface area contributed by atoms with Crippen LogP contribution in [0.3, 0.4) is 0 Å². The minimum absolute atomic E-state index is 0.0504. The van der Waals surface area contributed by atoms with Gasteiger partial charge in [-0.1, -0.05) is 12.1 Å². The van der Waals surface area contributed by atoms with Crippen LogP contribution < -0.4 is 10.9 Å². The summed E-state index contributed by atoms with van der Waals surface area (Å²) in [5.74, 6) is -1.84. The summed E-state index contributed by atoms with van der Waals surface area (Å²) in [5.41, 5.74) is 5.18. The number of para-hydroxylation sites is 1. The van der Waals surface area contributed by atoms with Crippen LogP contribution in [0.5, 0.6) is 5.75 Å². The lowest BCUT2D eigenvalue weighted by atomic mass is 10.1. The van der Waals surface area contributed by atoms with Crippen LogP contribution in [0.1, 0.15) is 26.3 Å². The Morgan fingerprint density at radius 1 is 1.00 bits per heavy atom. The van der Waals surface area contributed by atoms with Crippen molar-refractivity contribution in [2.45, 2.75) is 6.92 Å². The van der Waals surface area contributed by atoms with Crippen molar-refractivity contribution in [3.63, 3.8) is 0 Å². The second kappa shape index (κ2) is 6.04. The molecule has 0 aliphatic carbocycles. The molecule has 0 radical (unpaired) electrons. The molecule has 5 nitrogen and oxygen atoms in total. The Bertz CT molecular complexity index is 684. The Balaban J connectivity index is 2.02. The maximum Gasteiger partial charge on any atom is 0.273 e. The first-order valence-electron chi connectivity index (χ1n) is 6.14. The molecule has 0 fully saturated rings. The van der Waals surface area contributed by atoms with Gasteiger partial charge < -0.3 is 5.11 Å². The Morgan fingerprint density at radius 3 is 2.29 bits per heavy atom. The number of carbonyl (C=O) groups is 2. The number of aromatic hydroxyl groups is 1. The Morgan fingerprint density at radius 2 is 1.62 bits per heavy atom. The van der Waals surface area contributed by atoms with Crippen LogP contribution in [0.2, 0.25) is 0 Å². The van der Waals surface area contributed by atoms with E-state index in [1.807, 2.05) is 0 Å². The highest BCUT2D eigenvalue weighted by atomic mass is 19.1. The first kappa shape index (κ1) is 14.5. The van der Waals surface area contributed by atoms with E-state index in [0.29, 0.717) is 5.56 Å². The van der Waals surface area contributed by atoms with Crippen molar-refractivity contribution in [3.05, 3.63) is 65.0 Å². The Hall–Kier alpha value is -2.89. The first-order valence-corrected chi connectivity index (χ1v) is 6.14. The van der Waals surface area contributed by atoms with Crippen LogP contribution >= 0.6 is 0 Å². The van der Waals surface area contributed by atoms with Crippen LogP contribution in [-0.2, 0) is 0 Å². The van der Waals surface area contributed by atoms with E-state index in [4.69, 9.17) is 0 Å². The maximum atomic E-state index is 12.7. The van der Waals surface area contributed by atoms with Crippen molar-refractivity contribution in [2.75, 3.05) is 0 Å². The fourth-order valence-electron chi connectivity index (χ4n) is 1.70. The summed E-state index contributed by atoms with van der Waals surface area (Å²) < 4.78 is 12.7. The van der Waals surface area contributed by atoms with Gasteiger partial charge in [-0.3, -0.25) is 20.4 Å². The predicted octanol–water partition coefficient (Wildman–Crippen LogP) is 1.91. The summed E-state index contributed by atoms with van der Waals surface area (Å²) in [6.07, 6.45) is 0. The number of phenolic OH excluding ortho intramolecular Hbond substituents is 1. The molecule has 2 aromatic carbocycles. The van der Waals surface area contributed by atoms with E-state index in [-0.39, 0.29) is 16.9 Å². The molecule has 0 aliphatic rings. The molecule has 0 saturated heterocycles. The van der Waals surface area contributed by atoms with Gasteiger partial charge in [0.05, 0.1) is 5.56 Å². The third kappa shape index (κ3) is 3.36. The molecule has 21 heavy (non-hydrogen) atoms. The third-order valence-corrected chi connectivity index (χ3v) is 2.88. The van der Waals surface area contributed by atoms with Crippen molar-refractivity contribution < 1.29 is 19.1 Å². The number of halogens is 1. The molecule has 0 aromatic heterocycles. The summed E-state index contributed by atoms with van der Waals surface area (Å²) in [5, 5.41) is 9.77. The quantitative estimate of drug-likeness (QED) is 0.739. The number of carbonyl (C=O) groups excluding carboxylic acids is 2. The monoisotopic (exact) mass is 288 g/mol. The van der Waals surface area contributed by atoms with Crippen molar-refractivity contribution >= 4 is 11.8 Å². The number of hydrogen-bond acceptors (Lipinski definition) is 3. The van der Waals surface area contributed by atoms with E-state index < -0.39 is 17.6 Å². The van der Waals surface area contributed by atoms with Crippen LogP contribution in [-0.4, -0.2) is 16.9 Å². The van der Waals surface area contributed by atoms with Gasteiger partial charge in [-0.15, -0.1) is 0 Å². The summed E-state index contributed by atoms with van der Waals surface area (Å²) in [6.45, 7) is 1.66. The molecule has 0 aliphatic heterocycles. The van der Waals surface area contributed by atoms with Gasteiger partial charge >= 0.3 is 0 Å². The zero-order chi connectivity index (χ0) is 15.4. The lowest BCUT2D eigenvalue weighted by Crippen LogP contribution is -2.41. The predicted molar refractivity (Wildman–Crippen MR) is 74.2 cm³/mol. The highest BCUT2D eigenvalue weighted by molar-refractivity contribution is 6.00. The van der Waals surface area contributed by atoms with Crippen molar-refractivity contribution in [1.82, 2.24) is 10.9 Å². The van der Waals surface area contributed by atoms with Crippen molar-refractivity contribution in [3.8, 4) is 5.75 Å². The zero-order valence-corrected chi connectivity index (χ0v) is 11.2. The van der Waals surface area contributed by atoms with Crippen LogP contribution in [0, 0.1) is 12.7 Å². The number of hydrazine groups is 1. The normalized spacial score (nSPS) is 10.0. The molecule has 2 aromatic rings. The number of rotatable bonds is 2. The van der Waals surface area contributed by atoms with Gasteiger partial charge in [0.25, 0.3) is 11.8 Å². The molecule has 108 valence electrons. The molecule has 2 rings (SSSR count). The van der Waals surface area contributed by atoms with Crippen molar-refractivity contribution in [1.29, 1.82) is 0 Å².